The van der Waals surface area contributed by atoms with Gasteiger partial charge in [-0.05, 0) is 42.9 Å². The van der Waals surface area contributed by atoms with E-state index < -0.39 is 0 Å². The van der Waals surface area contributed by atoms with Crippen molar-refractivity contribution < 1.29 is 4.79 Å². The molecule has 1 amide bonds. The first-order valence-corrected chi connectivity index (χ1v) is 9.43. The average molecular weight is 345 g/mol. The predicted octanol–water partition coefficient (Wildman–Crippen LogP) is 3.53. The van der Waals surface area contributed by atoms with Crippen molar-refractivity contribution in [3.05, 3.63) is 29.8 Å². The summed E-state index contributed by atoms with van der Waals surface area (Å²) in [6, 6.07) is 8.02. The number of carbonyl (C=O) groups is 1. The van der Waals surface area contributed by atoms with E-state index in [0.717, 1.165) is 43.0 Å². The van der Waals surface area contributed by atoms with Gasteiger partial charge in [-0.1, -0.05) is 38.8 Å². The number of rotatable bonds is 7. The van der Waals surface area contributed by atoms with E-state index in [0.29, 0.717) is 12.5 Å². The van der Waals surface area contributed by atoms with Crippen LogP contribution in [0.25, 0.3) is 0 Å². The molecular formula is C20H32N4O. The number of carbonyl (C=O) groups excluding carboxylic acids is 1. The minimum Gasteiger partial charge on any atom is -0.356 e. The molecule has 0 atom stereocenters. The Bertz CT molecular complexity index is 577. The van der Waals surface area contributed by atoms with Crippen molar-refractivity contribution in [3.8, 4) is 0 Å². The number of hydrogen-bond acceptors (Lipinski definition) is 2. The molecule has 1 saturated carbocycles. The third-order valence-corrected chi connectivity index (χ3v) is 4.62. The zero-order valence-corrected chi connectivity index (χ0v) is 15.8. The highest BCUT2D eigenvalue weighted by atomic mass is 16.1. The predicted molar refractivity (Wildman–Crippen MR) is 105 cm³/mol. The molecule has 1 aromatic rings. The van der Waals surface area contributed by atoms with E-state index in [1.54, 1.807) is 7.05 Å². The van der Waals surface area contributed by atoms with Crippen LogP contribution >= 0.6 is 0 Å². The Hall–Kier alpha value is -2.04. The summed E-state index contributed by atoms with van der Waals surface area (Å²) in [6.07, 6.45) is 5.50. The Kier molecular flexibility index (Phi) is 7.76. The first kappa shape index (κ1) is 19.3. The number of guanidine groups is 1. The Labute approximate surface area is 151 Å². The lowest BCUT2D eigenvalue weighted by molar-refractivity contribution is -0.119. The van der Waals surface area contributed by atoms with Gasteiger partial charge in [-0.3, -0.25) is 9.79 Å². The van der Waals surface area contributed by atoms with Crippen LogP contribution in [0.2, 0.25) is 0 Å². The van der Waals surface area contributed by atoms with Crippen molar-refractivity contribution in [1.29, 1.82) is 0 Å². The molecule has 0 radical (unpaired) electrons. The highest BCUT2D eigenvalue weighted by Gasteiger charge is 2.22. The number of anilines is 1. The Balaban J connectivity index is 1.82. The van der Waals surface area contributed by atoms with Crippen molar-refractivity contribution in [1.82, 2.24) is 10.6 Å². The molecule has 25 heavy (non-hydrogen) atoms. The zero-order valence-electron chi connectivity index (χ0n) is 15.8. The van der Waals surface area contributed by atoms with Crippen molar-refractivity contribution in [2.45, 2.75) is 52.5 Å². The van der Waals surface area contributed by atoms with Gasteiger partial charge in [-0.2, -0.15) is 0 Å². The van der Waals surface area contributed by atoms with E-state index >= 15 is 0 Å². The number of amides is 1. The molecule has 0 aliphatic heterocycles. The number of benzene rings is 1. The third-order valence-electron chi connectivity index (χ3n) is 4.62. The summed E-state index contributed by atoms with van der Waals surface area (Å²) in [5.74, 6) is 1.83. The maximum absolute atomic E-state index is 12.3. The molecule has 0 heterocycles. The Morgan fingerprint density at radius 3 is 2.68 bits per heavy atom. The number of hydrogen-bond donors (Lipinski definition) is 3. The second kappa shape index (κ2) is 10.1. The molecule has 2 rings (SSSR count). The summed E-state index contributed by atoms with van der Waals surface area (Å²) in [6.45, 7) is 6.01. The fourth-order valence-corrected chi connectivity index (χ4v) is 3.08. The molecule has 1 aromatic carbocycles. The monoisotopic (exact) mass is 344 g/mol. The quantitative estimate of drug-likeness (QED) is 0.524. The Morgan fingerprint density at radius 2 is 2.00 bits per heavy atom. The molecule has 0 saturated heterocycles. The molecule has 0 bridgehead atoms. The summed E-state index contributed by atoms with van der Waals surface area (Å²) in [5, 5.41) is 9.71. The summed E-state index contributed by atoms with van der Waals surface area (Å²) in [4.78, 5) is 16.5. The molecule has 1 fully saturated rings. The summed E-state index contributed by atoms with van der Waals surface area (Å²) in [7, 11) is 1.78. The normalized spacial score (nSPS) is 15.4. The first-order valence-electron chi connectivity index (χ1n) is 9.43. The van der Waals surface area contributed by atoms with Gasteiger partial charge in [0, 0.05) is 31.7 Å². The van der Waals surface area contributed by atoms with E-state index in [9.17, 15) is 4.79 Å². The average Bonchev–Trinajstić information content (AvgIpc) is 3.12. The van der Waals surface area contributed by atoms with Crippen LogP contribution in [-0.2, 0) is 11.3 Å². The van der Waals surface area contributed by atoms with E-state index in [4.69, 9.17) is 0 Å². The standard InChI is InChI=1S/C20H32N4O/c1-15(2)11-12-22-20(21-3)23-14-16-7-6-10-18(13-16)24-19(25)17-8-4-5-9-17/h6-7,10,13,15,17H,4-5,8-9,11-12,14H2,1-3H3,(H,24,25)(H2,21,22,23). The lowest BCUT2D eigenvalue weighted by Gasteiger charge is -2.14. The van der Waals surface area contributed by atoms with Crippen LogP contribution in [0.3, 0.4) is 0 Å². The molecule has 5 heteroatoms. The third kappa shape index (κ3) is 6.77. The molecule has 0 unspecified atom stereocenters. The molecule has 1 aliphatic carbocycles. The highest BCUT2D eigenvalue weighted by molar-refractivity contribution is 5.92. The zero-order chi connectivity index (χ0) is 18.1. The molecular weight excluding hydrogens is 312 g/mol. The molecule has 0 aromatic heterocycles. The Morgan fingerprint density at radius 1 is 1.24 bits per heavy atom. The summed E-state index contributed by atoms with van der Waals surface area (Å²) in [5.41, 5.74) is 2.00. The van der Waals surface area contributed by atoms with Crippen molar-refractivity contribution in [3.63, 3.8) is 0 Å². The van der Waals surface area contributed by atoms with Gasteiger partial charge < -0.3 is 16.0 Å². The van der Waals surface area contributed by atoms with Crippen LogP contribution in [0.1, 0.15) is 51.5 Å². The van der Waals surface area contributed by atoms with Gasteiger partial charge in [0.25, 0.3) is 0 Å². The summed E-state index contributed by atoms with van der Waals surface area (Å²) >= 11 is 0. The maximum atomic E-state index is 12.3. The second-order valence-corrected chi connectivity index (χ2v) is 7.21. The fraction of sp³-hybridized carbons (Fsp3) is 0.600. The smallest absolute Gasteiger partial charge is 0.227 e. The van der Waals surface area contributed by atoms with Gasteiger partial charge in [0.15, 0.2) is 5.96 Å². The van der Waals surface area contributed by atoms with E-state index in [2.05, 4.69) is 40.9 Å². The van der Waals surface area contributed by atoms with E-state index in [-0.39, 0.29) is 11.8 Å². The fourth-order valence-electron chi connectivity index (χ4n) is 3.08. The van der Waals surface area contributed by atoms with Crippen molar-refractivity contribution in [2.75, 3.05) is 18.9 Å². The minimum atomic E-state index is 0.161. The SMILES string of the molecule is CN=C(NCCC(C)C)NCc1cccc(NC(=O)C2CCCC2)c1. The highest BCUT2D eigenvalue weighted by Crippen LogP contribution is 2.26. The molecule has 1 aliphatic rings. The molecule has 0 spiro atoms. The first-order chi connectivity index (χ1) is 12.1. The number of nitrogens with zero attached hydrogens (tertiary/aromatic N) is 1. The van der Waals surface area contributed by atoms with E-state index in [1.165, 1.54) is 12.8 Å². The van der Waals surface area contributed by atoms with Crippen LogP contribution in [0.5, 0.6) is 0 Å². The number of nitrogens with one attached hydrogen (secondary N) is 3. The van der Waals surface area contributed by atoms with Crippen LogP contribution in [0.4, 0.5) is 5.69 Å². The van der Waals surface area contributed by atoms with Crippen LogP contribution in [-0.4, -0.2) is 25.5 Å². The largest absolute Gasteiger partial charge is 0.356 e. The van der Waals surface area contributed by atoms with Crippen LogP contribution < -0.4 is 16.0 Å². The van der Waals surface area contributed by atoms with Gasteiger partial charge in [0.05, 0.1) is 0 Å². The van der Waals surface area contributed by atoms with Gasteiger partial charge in [0.2, 0.25) is 5.91 Å². The van der Waals surface area contributed by atoms with Gasteiger partial charge >= 0.3 is 0 Å². The van der Waals surface area contributed by atoms with E-state index in [1.807, 2.05) is 18.2 Å². The lowest BCUT2D eigenvalue weighted by atomic mass is 10.1. The van der Waals surface area contributed by atoms with Crippen LogP contribution in [0.15, 0.2) is 29.3 Å². The van der Waals surface area contributed by atoms with Crippen molar-refractivity contribution >= 4 is 17.6 Å². The summed E-state index contributed by atoms with van der Waals surface area (Å²) < 4.78 is 0. The van der Waals surface area contributed by atoms with Gasteiger partial charge in [-0.25, -0.2) is 0 Å². The molecule has 138 valence electrons. The van der Waals surface area contributed by atoms with Gasteiger partial charge in [-0.15, -0.1) is 0 Å². The lowest BCUT2D eigenvalue weighted by Crippen LogP contribution is -2.37. The molecule has 5 nitrogen and oxygen atoms in total. The van der Waals surface area contributed by atoms with Crippen molar-refractivity contribution in [2.24, 2.45) is 16.8 Å². The van der Waals surface area contributed by atoms with Gasteiger partial charge in [0.1, 0.15) is 0 Å². The maximum Gasteiger partial charge on any atom is 0.227 e. The number of aliphatic imine (C=N–C) groups is 1. The topological polar surface area (TPSA) is 65.5 Å². The second-order valence-electron chi connectivity index (χ2n) is 7.21. The molecule has 3 N–H and O–H groups in total. The van der Waals surface area contributed by atoms with Crippen LogP contribution in [0, 0.1) is 11.8 Å². The minimum absolute atomic E-state index is 0.161.